The highest BCUT2D eigenvalue weighted by molar-refractivity contribution is 5.84. The van der Waals surface area contributed by atoms with Gasteiger partial charge in [-0.1, -0.05) is 42.5 Å². The lowest BCUT2D eigenvalue weighted by Crippen LogP contribution is -2.43. The number of ether oxygens (including phenoxy) is 2. The Balaban J connectivity index is 1.97. The number of carbonyl (C=O) groups excluding carboxylic acids is 2. The number of aryl methyl sites for hydroxylation is 1. The lowest BCUT2D eigenvalue weighted by molar-refractivity contribution is -0.145. The van der Waals surface area contributed by atoms with E-state index in [4.69, 9.17) is 9.47 Å². The predicted molar refractivity (Wildman–Crippen MR) is 95.4 cm³/mol. The van der Waals surface area contributed by atoms with Gasteiger partial charge in [0.25, 0.3) is 0 Å². The highest BCUT2D eigenvalue weighted by atomic mass is 16.5. The molecule has 2 rings (SSSR count). The van der Waals surface area contributed by atoms with Crippen LogP contribution >= 0.6 is 0 Å². The molecule has 0 unspecified atom stereocenters. The SMILES string of the molecule is COC(=O)[C@@H](Cc1cccc(OC)c1)NC(=O)CCc1ccccc1. The molecule has 5 heteroatoms. The first-order valence-electron chi connectivity index (χ1n) is 8.16. The van der Waals surface area contributed by atoms with Crippen LogP contribution in [-0.2, 0) is 27.2 Å². The minimum absolute atomic E-state index is 0.179. The van der Waals surface area contributed by atoms with E-state index in [2.05, 4.69) is 5.32 Å². The van der Waals surface area contributed by atoms with Crippen LogP contribution in [0.3, 0.4) is 0 Å². The molecular formula is C20H23NO4. The molecule has 0 heterocycles. The summed E-state index contributed by atoms with van der Waals surface area (Å²) in [4.78, 5) is 24.2. The molecule has 1 N–H and O–H groups in total. The van der Waals surface area contributed by atoms with Crippen molar-refractivity contribution in [3.63, 3.8) is 0 Å². The quantitative estimate of drug-likeness (QED) is 0.750. The molecule has 25 heavy (non-hydrogen) atoms. The fraction of sp³-hybridized carbons (Fsp3) is 0.300. The molecule has 0 aliphatic heterocycles. The molecule has 0 saturated carbocycles. The Morgan fingerprint density at radius 1 is 1.00 bits per heavy atom. The van der Waals surface area contributed by atoms with Crippen LogP contribution in [0.25, 0.3) is 0 Å². The van der Waals surface area contributed by atoms with Gasteiger partial charge in [-0.2, -0.15) is 0 Å². The van der Waals surface area contributed by atoms with E-state index in [1.807, 2.05) is 54.6 Å². The Labute approximate surface area is 148 Å². The third-order valence-electron chi connectivity index (χ3n) is 3.88. The van der Waals surface area contributed by atoms with Gasteiger partial charge < -0.3 is 14.8 Å². The van der Waals surface area contributed by atoms with E-state index >= 15 is 0 Å². The number of methoxy groups -OCH3 is 2. The zero-order valence-electron chi connectivity index (χ0n) is 14.5. The number of hydrogen-bond donors (Lipinski definition) is 1. The summed E-state index contributed by atoms with van der Waals surface area (Å²) >= 11 is 0. The Morgan fingerprint density at radius 2 is 1.72 bits per heavy atom. The molecular weight excluding hydrogens is 318 g/mol. The van der Waals surface area contributed by atoms with Crippen LogP contribution in [0.5, 0.6) is 5.75 Å². The minimum atomic E-state index is -0.722. The van der Waals surface area contributed by atoms with Crippen LogP contribution in [0.2, 0.25) is 0 Å². The summed E-state index contributed by atoms with van der Waals surface area (Å²) < 4.78 is 10.0. The van der Waals surface area contributed by atoms with E-state index in [1.165, 1.54) is 7.11 Å². The standard InChI is InChI=1S/C20H23NO4/c1-24-17-10-6-9-16(13-17)14-18(20(23)25-2)21-19(22)12-11-15-7-4-3-5-8-15/h3-10,13,18H,11-12,14H2,1-2H3,(H,21,22)/t18-/m1/s1. The first-order chi connectivity index (χ1) is 12.1. The maximum Gasteiger partial charge on any atom is 0.328 e. The summed E-state index contributed by atoms with van der Waals surface area (Å²) in [7, 11) is 2.90. The highest BCUT2D eigenvalue weighted by Gasteiger charge is 2.22. The second-order valence-electron chi connectivity index (χ2n) is 5.68. The summed E-state index contributed by atoms with van der Waals surface area (Å²) in [6.45, 7) is 0. The molecule has 132 valence electrons. The van der Waals surface area contributed by atoms with Gasteiger partial charge in [-0.15, -0.1) is 0 Å². The number of amides is 1. The van der Waals surface area contributed by atoms with Gasteiger partial charge in [-0.25, -0.2) is 4.79 Å². The third-order valence-corrected chi connectivity index (χ3v) is 3.88. The van der Waals surface area contributed by atoms with Crippen molar-refractivity contribution in [2.75, 3.05) is 14.2 Å². The van der Waals surface area contributed by atoms with Gasteiger partial charge in [0.2, 0.25) is 5.91 Å². The fourth-order valence-electron chi connectivity index (χ4n) is 2.54. The van der Waals surface area contributed by atoms with Crippen LogP contribution < -0.4 is 10.1 Å². The molecule has 5 nitrogen and oxygen atoms in total. The van der Waals surface area contributed by atoms with Crippen molar-refractivity contribution < 1.29 is 19.1 Å². The molecule has 1 atom stereocenters. The van der Waals surface area contributed by atoms with E-state index in [9.17, 15) is 9.59 Å². The topological polar surface area (TPSA) is 64.6 Å². The summed E-state index contributed by atoms with van der Waals surface area (Å²) in [5.41, 5.74) is 1.97. The van der Waals surface area contributed by atoms with Crippen LogP contribution in [0.4, 0.5) is 0 Å². The van der Waals surface area contributed by atoms with Crippen molar-refractivity contribution in [2.45, 2.75) is 25.3 Å². The molecule has 2 aromatic carbocycles. The molecule has 0 aromatic heterocycles. The van der Waals surface area contributed by atoms with E-state index in [0.29, 0.717) is 25.0 Å². The largest absolute Gasteiger partial charge is 0.497 e. The van der Waals surface area contributed by atoms with Gasteiger partial charge in [0, 0.05) is 12.8 Å². The highest BCUT2D eigenvalue weighted by Crippen LogP contribution is 2.14. The van der Waals surface area contributed by atoms with Crippen LogP contribution in [0.15, 0.2) is 54.6 Å². The zero-order valence-corrected chi connectivity index (χ0v) is 14.5. The molecule has 0 spiro atoms. The van der Waals surface area contributed by atoms with Gasteiger partial charge in [0.05, 0.1) is 14.2 Å². The molecule has 2 aromatic rings. The second-order valence-corrected chi connectivity index (χ2v) is 5.68. The normalized spacial score (nSPS) is 11.4. The number of rotatable bonds is 8. The van der Waals surface area contributed by atoms with Crippen molar-refractivity contribution in [1.29, 1.82) is 0 Å². The number of hydrogen-bond acceptors (Lipinski definition) is 4. The van der Waals surface area contributed by atoms with Crippen molar-refractivity contribution in [2.24, 2.45) is 0 Å². The second kappa shape index (κ2) is 9.47. The van der Waals surface area contributed by atoms with E-state index < -0.39 is 12.0 Å². The third kappa shape index (κ3) is 5.95. The van der Waals surface area contributed by atoms with E-state index in [1.54, 1.807) is 7.11 Å². The number of carbonyl (C=O) groups is 2. The van der Waals surface area contributed by atoms with Crippen LogP contribution in [0, 0.1) is 0 Å². The molecule has 0 aliphatic carbocycles. The molecule has 0 aliphatic rings. The van der Waals surface area contributed by atoms with Crippen molar-refractivity contribution in [3.8, 4) is 5.75 Å². The maximum absolute atomic E-state index is 12.2. The summed E-state index contributed by atoms with van der Waals surface area (Å²) in [5.74, 6) is 0.0644. The molecule has 0 radical (unpaired) electrons. The summed E-state index contributed by atoms with van der Waals surface area (Å²) in [6.07, 6.45) is 1.29. The van der Waals surface area contributed by atoms with E-state index in [-0.39, 0.29) is 5.91 Å². The monoisotopic (exact) mass is 341 g/mol. The summed E-state index contributed by atoms with van der Waals surface area (Å²) in [6, 6.07) is 16.4. The smallest absolute Gasteiger partial charge is 0.328 e. The fourth-order valence-corrected chi connectivity index (χ4v) is 2.54. The Hall–Kier alpha value is -2.82. The summed E-state index contributed by atoms with van der Waals surface area (Å²) in [5, 5.41) is 2.77. The Kier molecular flexibility index (Phi) is 7.01. The predicted octanol–water partition coefficient (Wildman–Crippen LogP) is 2.53. The van der Waals surface area contributed by atoms with Gasteiger partial charge in [0.15, 0.2) is 0 Å². The lowest BCUT2D eigenvalue weighted by atomic mass is 10.0. The number of nitrogens with one attached hydrogen (secondary N) is 1. The number of esters is 1. The van der Waals surface area contributed by atoms with Crippen LogP contribution in [-0.4, -0.2) is 32.1 Å². The maximum atomic E-state index is 12.2. The molecule has 0 fully saturated rings. The Bertz CT molecular complexity index is 700. The van der Waals surface area contributed by atoms with Gasteiger partial charge >= 0.3 is 5.97 Å². The molecule has 0 saturated heterocycles. The van der Waals surface area contributed by atoms with Crippen molar-refractivity contribution in [3.05, 3.63) is 65.7 Å². The minimum Gasteiger partial charge on any atom is -0.497 e. The van der Waals surface area contributed by atoms with Crippen LogP contribution in [0.1, 0.15) is 17.5 Å². The average molecular weight is 341 g/mol. The molecule has 0 bridgehead atoms. The Morgan fingerprint density at radius 3 is 2.40 bits per heavy atom. The zero-order chi connectivity index (χ0) is 18.1. The van der Waals surface area contributed by atoms with Crippen molar-refractivity contribution in [1.82, 2.24) is 5.32 Å². The van der Waals surface area contributed by atoms with Crippen molar-refractivity contribution >= 4 is 11.9 Å². The van der Waals surface area contributed by atoms with E-state index in [0.717, 1.165) is 11.1 Å². The molecule has 1 amide bonds. The number of benzene rings is 2. The van der Waals surface area contributed by atoms with Gasteiger partial charge in [-0.3, -0.25) is 4.79 Å². The first-order valence-corrected chi connectivity index (χ1v) is 8.16. The van der Waals surface area contributed by atoms with Gasteiger partial charge in [-0.05, 0) is 29.7 Å². The average Bonchev–Trinajstić information content (AvgIpc) is 2.66. The first kappa shape index (κ1) is 18.5. The lowest BCUT2D eigenvalue weighted by Gasteiger charge is -2.17. The van der Waals surface area contributed by atoms with Gasteiger partial charge in [0.1, 0.15) is 11.8 Å².